The minimum atomic E-state index is -1.31. The van der Waals surface area contributed by atoms with Crippen LogP contribution >= 0.6 is 0 Å². The predicted octanol–water partition coefficient (Wildman–Crippen LogP) is -0.305. The van der Waals surface area contributed by atoms with Gasteiger partial charge in [-0.3, -0.25) is 14.4 Å². The lowest BCUT2D eigenvalue weighted by molar-refractivity contribution is -0.157. The second-order valence-corrected chi connectivity index (χ2v) is 3.90. The Hall–Kier alpha value is -1.85. The molecule has 0 heterocycles. The van der Waals surface area contributed by atoms with E-state index in [1.165, 1.54) is 12.2 Å². The minimum absolute atomic E-state index is 0.366. The maximum Gasteiger partial charge on any atom is 0.311 e. The summed E-state index contributed by atoms with van der Waals surface area (Å²) in [6.07, 6.45) is 2.83. The van der Waals surface area contributed by atoms with Gasteiger partial charge in [-0.2, -0.15) is 0 Å². The van der Waals surface area contributed by atoms with Crippen LogP contribution in [0.2, 0.25) is 0 Å². The van der Waals surface area contributed by atoms with Gasteiger partial charge in [-0.25, -0.2) is 0 Å². The van der Waals surface area contributed by atoms with Crippen LogP contribution in [0, 0.1) is 23.7 Å². The van der Waals surface area contributed by atoms with Gasteiger partial charge in [-0.05, 0) is 5.92 Å². The van der Waals surface area contributed by atoms with Crippen LogP contribution in [0.1, 0.15) is 6.92 Å². The van der Waals surface area contributed by atoms with Crippen molar-refractivity contribution in [2.75, 3.05) is 0 Å². The standard InChI is InChI=1S/C10H13NO5/c1-4-2-3-5(9(13)14)7(10(15)16)6(4)8(11)12/h2-7H,1H3,(H2,11,12)(H,13,14)(H,15,16). The first-order chi connectivity index (χ1) is 7.36. The third-order valence-corrected chi connectivity index (χ3v) is 2.86. The third kappa shape index (κ3) is 2.05. The number of primary amides is 1. The highest BCUT2D eigenvalue weighted by Gasteiger charge is 2.45. The first-order valence-corrected chi connectivity index (χ1v) is 4.79. The van der Waals surface area contributed by atoms with Gasteiger partial charge in [0.2, 0.25) is 5.91 Å². The van der Waals surface area contributed by atoms with Crippen LogP contribution in [-0.4, -0.2) is 28.1 Å². The summed E-state index contributed by atoms with van der Waals surface area (Å²) < 4.78 is 0. The van der Waals surface area contributed by atoms with E-state index >= 15 is 0 Å². The zero-order valence-corrected chi connectivity index (χ0v) is 8.66. The fraction of sp³-hybridized carbons (Fsp3) is 0.500. The fourth-order valence-corrected chi connectivity index (χ4v) is 2.06. The molecular formula is C10H13NO5. The molecule has 4 N–H and O–H groups in total. The summed E-state index contributed by atoms with van der Waals surface area (Å²) in [5, 5.41) is 17.9. The number of aliphatic carboxylic acids is 2. The first kappa shape index (κ1) is 12.2. The van der Waals surface area contributed by atoms with E-state index in [1.807, 2.05) is 0 Å². The predicted molar refractivity (Wildman–Crippen MR) is 53.2 cm³/mol. The monoisotopic (exact) mass is 227 g/mol. The molecule has 88 valence electrons. The summed E-state index contributed by atoms with van der Waals surface area (Å²) >= 11 is 0. The van der Waals surface area contributed by atoms with Crippen molar-refractivity contribution in [3.05, 3.63) is 12.2 Å². The number of carboxylic acid groups (broad SMARTS) is 2. The smallest absolute Gasteiger partial charge is 0.311 e. The summed E-state index contributed by atoms with van der Waals surface area (Å²) in [6, 6.07) is 0. The largest absolute Gasteiger partial charge is 0.481 e. The molecule has 4 unspecified atom stereocenters. The number of carbonyl (C=O) groups excluding carboxylic acids is 1. The molecule has 6 heteroatoms. The van der Waals surface area contributed by atoms with E-state index in [1.54, 1.807) is 6.92 Å². The van der Waals surface area contributed by atoms with E-state index in [2.05, 4.69) is 0 Å². The summed E-state index contributed by atoms with van der Waals surface area (Å²) in [6.45, 7) is 1.64. The van der Waals surface area contributed by atoms with Crippen LogP contribution in [-0.2, 0) is 14.4 Å². The van der Waals surface area contributed by atoms with Gasteiger partial charge in [-0.1, -0.05) is 19.1 Å². The lowest BCUT2D eigenvalue weighted by atomic mass is 9.70. The minimum Gasteiger partial charge on any atom is -0.481 e. The van der Waals surface area contributed by atoms with Gasteiger partial charge in [0, 0.05) is 0 Å². The SMILES string of the molecule is CC1C=CC(C(=O)O)C(C(=O)O)C1C(N)=O. The number of allylic oxidation sites excluding steroid dienone is 1. The van der Waals surface area contributed by atoms with Gasteiger partial charge in [0.15, 0.2) is 0 Å². The van der Waals surface area contributed by atoms with Crippen LogP contribution in [0.25, 0.3) is 0 Å². The van der Waals surface area contributed by atoms with Crippen LogP contribution in [0.4, 0.5) is 0 Å². The van der Waals surface area contributed by atoms with Crippen molar-refractivity contribution < 1.29 is 24.6 Å². The van der Waals surface area contributed by atoms with Gasteiger partial charge in [0.1, 0.15) is 0 Å². The Morgan fingerprint density at radius 2 is 1.62 bits per heavy atom. The first-order valence-electron chi connectivity index (χ1n) is 4.79. The number of hydrogen-bond acceptors (Lipinski definition) is 3. The van der Waals surface area contributed by atoms with Crippen LogP contribution in [0.15, 0.2) is 12.2 Å². The van der Waals surface area contributed by atoms with Gasteiger partial charge in [0.05, 0.1) is 17.8 Å². The maximum atomic E-state index is 11.2. The van der Waals surface area contributed by atoms with Crippen molar-refractivity contribution in [1.82, 2.24) is 0 Å². The van der Waals surface area contributed by atoms with E-state index in [0.29, 0.717) is 0 Å². The summed E-state index contributed by atoms with van der Waals surface area (Å²) in [7, 11) is 0. The molecular weight excluding hydrogens is 214 g/mol. The molecule has 0 saturated heterocycles. The molecule has 0 fully saturated rings. The number of carboxylic acids is 2. The van der Waals surface area contributed by atoms with Gasteiger partial charge >= 0.3 is 11.9 Å². The second-order valence-electron chi connectivity index (χ2n) is 3.90. The molecule has 0 spiro atoms. The van der Waals surface area contributed by atoms with E-state index in [0.717, 1.165) is 0 Å². The van der Waals surface area contributed by atoms with Crippen molar-refractivity contribution in [3.63, 3.8) is 0 Å². The Bertz CT molecular complexity index is 362. The van der Waals surface area contributed by atoms with Crippen LogP contribution in [0.3, 0.4) is 0 Å². The Morgan fingerprint density at radius 1 is 1.06 bits per heavy atom. The normalized spacial score (nSPS) is 33.3. The van der Waals surface area contributed by atoms with Gasteiger partial charge < -0.3 is 15.9 Å². The molecule has 0 aromatic heterocycles. The fourth-order valence-electron chi connectivity index (χ4n) is 2.06. The van der Waals surface area contributed by atoms with Crippen LogP contribution in [0.5, 0.6) is 0 Å². The summed E-state index contributed by atoms with van der Waals surface area (Å²) in [5.74, 6) is -7.20. The van der Waals surface area contributed by atoms with E-state index in [4.69, 9.17) is 15.9 Å². The summed E-state index contributed by atoms with van der Waals surface area (Å²) in [5.41, 5.74) is 5.12. The van der Waals surface area contributed by atoms with E-state index in [-0.39, 0.29) is 5.92 Å². The number of carbonyl (C=O) groups is 3. The molecule has 0 radical (unpaired) electrons. The number of nitrogens with two attached hydrogens (primary N) is 1. The highest BCUT2D eigenvalue weighted by molar-refractivity contribution is 5.89. The van der Waals surface area contributed by atoms with Crippen molar-refractivity contribution >= 4 is 17.8 Å². The molecule has 0 aromatic rings. The molecule has 1 rings (SSSR count). The molecule has 1 aliphatic carbocycles. The van der Waals surface area contributed by atoms with Crippen LogP contribution < -0.4 is 5.73 Å². The number of hydrogen-bond donors (Lipinski definition) is 3. The molecule has 0 saturated carbocycles. The molecule has 1 aliphatic rings. The molecule has 0 bridgehead atoms. The molecule has 4 atom stereocenters. The quantitative estimate of drug-likeness (QED) is 0.572. The molecule has 16 heavy (non-hydrogen) atoms. The number of rotatable bonds is 3. The Balaban J connectivity index is 3.16. The highest BCUT2D eigenvalue weighted by Crippen LogP contribution is 2.34. The lowest BCUT2D eigenvalue weighted by Crippen LogP contribution is -2.45. The summed E-state index contributed by atoms with van der Waals surface area (Å²) in [4.78, 5) is 33.1. The van der Waals surface area contributed by atoms with E-state index in [9.17, 15) is 14.4 Å². The average Bonchev–Trinajstić information content (AvgIpc) is 2.15. The van der Waals surface area contributed by atoms with Gasteiger partial charge in [0.25, 0.3) is 0 Å². The van der Waals surface area contributed by atoms with Crippen molar-refractivity contribution in [3.8, 4) is 0 Å². The average molecular weight is 227 g/mol. The lowest BCUT2D eigenvalue weighted by Gasteiger charge is -2.31. The Kier molecular flexibility index (Phi) is 3.31. The molecule has 0 aliphatic heterocycles. The molecule has 1 amide bonds. The Labute approximate surface area is 91.7 Å². The number of amides is 1. The third-order valence-electron chi connectivity index (χ3n) is 2.86. The highest BCUT2D eigenvalue weighted by atomic mass is 16.4. The molecule has 6 nitrogen and oxygen atoms in total. The van der Waals surface area contributed by atoms with Crippen molar-refractivity contribution in [2.24, 2.45) is 29.4 Å². The van der Waals surface area contributed by atoms with Gasteiger partial charge in [-0.15, -0.1) is 0 Å². The zero-order valence-electron chi connectivity index (χ0n) is 8.66. The zero-order chi connectivity index (χ0) is 12.5. The van der Waals surface area contributed by atoms with Crippen molar-refractivity contribution in [1.29, 1.82) is 0 Å². The molecule has 0 aromatic carbocycles. The van der Waals surface area contributed by atoms with E-state index < -0.39 is 35.6 Å². The second kappa shape index (κ2) is 4.34. The topological polar surface area (TPSA) is 118 Å². The maximum absolute atomic E-state index is 11.2. The van der Waals surface area contributed by atoms with Crippen molar-refractivity contribution in [2.45, 2.75) is 6.92 Å². The Morgan fingerprint density at radius 3 is 2.00 bits per heavy atom.